The Morgan fingerprint density at radius 1 is 1.38 bits per heavy atom. The maximum absolute atomic E-state index is 13.0. The summed E-state index contributed by atoms with van der Waals surface area (Å²) in [5, 5.41) is 2.75. The molecule has 26 heavy (non-hydrogen) atoms. The SMILES string of the molecule is CCC(=O)NCc1cc(S(=O)(=O)N2CCCCC2CN)ccc1OC.Cl. The fourth-order valence-corrected chi connectivity index (χ4v) is 4.79. The van der Waals surface area contributed by atoms with Crippen LogP contribution in [0.2, 0.25) is 0 Å². The van der Waals surface area contributed by atoms with Gasteiger partial charge in [-0.25, -0.2) is 8.42 Å². The largest absolute Gasteiger partial charge is 0.496 e. The standard InChI is InChI=1S/C17H27N3O4S.ClH/c1-3-17(21)19-12-13-10-15(7-8-16(13)24-2)25(22,23)20-9-5-4-6-14(20)11-18;/h7-8,10,14H,3-6,9,11-12,18H2,1-2H3,(H,19,21);1H. The van der Waals surface area contributed by atoms with E-state index < -0.39 is 10.0 Å². The Bertz CT molecular complexity index is 712. The number of methoxy groups -OCH3 is 1. The molecule has 1 aliphatic heterocycles. The first kappa shape index (κ1) is 22.7. The summed E-state index contributed by atoms with van der Waals surface area (Å²) in [5.41, 5.74) is 6.40. The minimum atomic E-state index is -3.63. The molecule has 0 aliphatic carbocycles. The third-order valence-corrected chi connectivity index (χ3v) is 6.45. The fraction of sp³-hybridized carbons (Fsp3) is 0.588. The third-order valence-electron chi connectivity index (χ3n) is 4.50. The Kier molecular flexibility index (Phi) is 8.82. The van der Waals surface area contributed by atoms with Crippen LogP contribution in [0.15, 0.2) is 23.1 Å². The highest BCUT2D eigenvalue weighted by Gasteiger charge is 2.33. The Morgan fingerprint density at radius 2 is 2.12 bits per heavy atom. The van der Waals surface area contributed by atoms with E-state index in [0.717, 1.165) is 19.3 Å². The number of rotatable bonds is 7. The van der Waals surface area contributed by atoms with Crippen LogP contribution in [-0.2, 0) is 21.4 Å². The predicted octanol–water partition coefficient (Wildman–Crippen LogP) is 1.65. The summed E-state index contributed by atoms with van der Waals surface area (Å²) in [7, 11) is -2.11. The monoisotopic (exact) mass is 405 g/mol. The van der Waals surface area contributed by atoms with Gasteiger partial charge >= 0.3 is 0 Å². The van der Waals surface area contributed by atoms with Crippen molar-refractivity contribution in [2.24, 2.45) is 5.73 Å². The molecule has 3 N–H and O–H groups in total. The van der Waals surface area contributed by atoms with Gasteiger partial charge in [-0.1, -0.05) is 13.3 Å². The van der Waals surface area contributed by atoms with Gasteiger partial charge in [-0.15, -0.1) is 12.4 Å². The van der Waals surface area contributed by atoms with Gasteiger partial charge in [-0.05, 0) is 31.0 Å². The van der Waals surface area contributed by atoms with Crippen LogP contribution in [-0.4, -0.2) is 44.9 Å². The van der Waals surface area contributed by atoms with E-state index in [0.29, 0.717) is 30.8 Å². The van der Waals surface area contributed by atoms with Crippen LogP contribution < -0.4 is 15.8 Å². The van der Waals surface area contributed by atoms with Gasteiger partial charge < -0.3 is 15.8 Å². The molecule has 1 atom stereocenters. The molecule has 1 aromatic carbocycles. The molecule has 1 saturated heterocycles. The molecule has 7 nitrogen and oxygen atoms in total. The molecule has 1 fully saturated rings. The minimum absolute atomic E-state index is 0. The Labute approximate surface area is 161 Å². The predicted molar refractivity (Wildman–Crippen MR) is 103 cm³/mol. The van der Waals surface area contributed by atoms with E-state index in [1.54, 1.807) is 25.1 Å². The zero-order chi connectivity index (χ0) is 18.4. The van der Waals surface area contributed by atoms with Gasteiger partial charge in [0.2, 0.25) is 15.9 Å². The number of carbonyl (C=O) groups excluding carboxylic acids is 1. The lowest BCUT2D eigenvalue weighted by molar-refractivity contribution is -0.120. The van der Waals surface area contributed by atoms with E-state index >= 15 is 0 Å². The number of hydrogen-bond acceptors (Lipinski definition) is 5. The van der Waals surface area contributed by atoms with Crippen molar-refractivity contribution in [2.45, 2.75) is 50.1 Å². The van der Waals surface area contributed by atoms with Gasteiger partial charge in [0.1, 0.15) is 5.75 Å². The molecule has 0 radical (unpaired) electrons. The van der Waals surface area contributed by atoms with Crippen molar-refractivity contribution in [1.82, 2.24) is 9.62 Å². The van der Waals surface area contributed by atoms with E-state index in [2.05, 4.69) is 5.32 Å². The molecule has 1 aromatic rings. The molecule has 1 aliphatic rings. The second-order valence-corrected chi connectivity index (χ2v) is 8.00. The molecule has 1 amide bonds. The number of amides is 1. The highest BCUT2D eigenvalue weighted by molar-refractivity contribution is 7.89. The summed E-state index contributed by atoms with van der Waals surface area (Å²) < 4.78 is 32.9. The first-order valence-corrected chi connectivity index (χ1v) is 10.0. The van der Waals surface area contributed by atoms with E-state index in [9.17, 15) is 13.2 Å². The van der Waals surface area contributed by atoms with Gasteiger partial charge in [-0.3, -0.25) is 4.79 Å². The average Bonchev–Trinajstić information content (AvgIpc) is 2.65. The lowest BCUT2D eigenvalue weighted by Crippen LogP contribution is -2.47. The van der Waals surface area contributed by atoms with Crippen LogP contribution in [0, 0.1) is 0 Å². The Morgan fingerprint density at radius 3 is 2.73 bits per heavy atom. The number of nitrogens with two attached hydrogens (primary N) is 1. The number of piperidine rings is 1. The lowest BCUT2D eigenvalue weighted by Gasteiger charge is -2.34. The number of sulfonamides is 1. The van der Waals surface area contributed by atoms with E-state index in [1.165, 1.54) is 11.4 Å². The maximum Gasteiger partial charge on any atom is 0.243 e. The number of ether oxygens (including phenoxy) is 1. The third kappa shape index (κ3) is 5.09. The van der Waals surface area contributed by atoms with Gasteiger partial charge in [0.25, 0.3) is 0 Å². The normalized spacial score (nSPS) is 18.0. The molecular weight excluding hydrogens is 378 g/mol. The van der Waals surface area contributed by atoms with Crippen LogP contribution in [0.5, 0.6) is 5.75 Å². The number of hydrogen-bond donors (Lipinski definition) is 2. The Balaban J connectivity index is 0.00000338. The van der Waals surface area contributed by atoms with Crippen LogP contribution in [0.3, 0.4) is 0 Å². The molecule has 1 unspecified atom stereocenters. The van der Waals surface area contributed by atoms with E-state index in [1.807, 2.05) is 0 Å². The number of halogens is 1. The number of nitrogens with one attached hydrogen (secondary N) is 1. The molecule has 0 spiro atoms. The summed E-state index contributed by atoms with van der Waals surface area (Å²) in [6.45, 7) is 2.78. The smallest absolute Gasteiger partial charge is 0.243 e. The van der Waals surface area contributed by atoms with Crippen LogP contribution in [0.25, 0.3) is 0 Å². The van der Waals surface area contributed by atoms with E-state index in [4.69, 9.17) is 10.5 Å². The highest BCUT2D eigenvalue weighted by Crippen LogP contribution is 2.28. The van der Waals surface area contributed by atoms with Crippen molar-refractivity contribution < 1.29 is 17.9 Å². The Hall–Kier alpha value is -1.35. The van der Waals surface area contributed by atoms with Crippen LogP contribution in [0.4, 0.5) is 0 Å². The second kappa shape index (κ2) is 10.1. The quantitative estimate of drug-likeness (QED) is 0.718. The number of benzene rings is 1. The van der Waals surface area contributed by atoms with E-state index in [-0.39, 0.29) is 35.8 Å². The summed E-state index contributed by atoms with van der Waals surface area (Å²) in [6, 6.07) is 4.58. The zero-order valence-electron chi connectivity index (χ0n) is 15.2. The minimum Gasteiger partial charge on any atom is -0.496 e. The van der Waals surface area contributed by atoms with Crippen molar-refractivity contribution >= 4 is 28.3 Å². The van der Waals surface area contributed by atoms with Gasteiger partial charge in [-0.2, -0.15) is 4.31 Å². The molecule has 0 aromatic heterocycles. The first-order valence-electron chi connectivity index (χ1n) is 8.59. The molecule has 148 valence electrons. The van der Waals surface area contributed by atoms with Crippen LogP contribution in [0.1, 0.15) is 38.2 Å². The van der Waals surface area contributed by atoms with Crippen molar-refractivity contribution in [3.8, 4) is 5.75 Å². The van der Waals surface area contributed by atoms with Crippen molar-refractivity contribution in [2.75, 3.05) is 20.2 Å². The average molecular weight is 406 g/mol. The fourth-order valence-electron chi connectivity index (χ4n) is 3.03. The summed E-state index contributed by atoms with van der Waals surface area (Å²) in [6.07, 6.45) is 2.98. The van der Waals surface area contributed by atoms with Crippen LogP contribution >= 0.6 is 12.4 Å². The molecule has 0 bridgehead atoms. The summed E-state index contributed by atoms with van der Waals surface area (Å²) in [4.78, 5) is 11.7. The molecule has 1 heterocycles. The number of nitrogens with zero attached hydrogens (tertiary/aromatic N) is 1. The second-order valence-electron chi connectivity index (χ2n) is 6.10. The maximum atomic E-state index is 13.0. The van der Waals surface area contributed by atoms with Gasteiger partial charge in [0.05, 0.1) is 12.0 Å². The van der Waals surface area contributed by atoms with Gasteiger partial charge in [0, 0.05) is 37.7 Å². The number of carbonyl (C=O) groups is 1. The van der Waals surface area contributed by atoms with Crippen molar-refractivity contribution in [1.29, 1.82) is 0 Å². The molecule has 9 heteroatoms. The summed E-state index contributed by atoms with van der Waals surface area (Å²) in [5.74, 6) is 0.443. The summed E-state index contributed by atoms with van der Waals surface area (Å²) >= 11 is 0. The van der Waals surface area contributed by atoms with Crippen molar-refractivity contribution in [3.05, 3.63) is 23.8 Å². The lowest BCUT2D eigenvalue weighted by atomic mass is 10.1. The van der Waals surface area contributed by atoms with Crippen molar-refractivity contribution in [3.63, 3.8) is 0 Å². The molecule has 0 saturated carbocycles. The topological polar surface area (TPSA) is 102 Å². The molecule has 2 rings (SSSR count). The zero-order valence-corrected chi connectivity index (χ0v) is 16.9. The first-order chi connectivity index (χ1) is 11.9. The highest BCUT2D eigenvalue weighted by atomic mass is 35.5. The molecular formula is C17H28ClN3O4S. The van der Waals surface area contributed by atoms with Gasteiger partial charge in [0.15, 0.2) is 0 Å².